The first kappa shape index (κ1) is 30.0. The molecule has 0 saturated carbocycles. The fourth-order valence-electron chi connectivity index (χ4n) is 3.57. The second-order valence-corrected chi connectivity index (χ2v) is 9.07. The molecule has 0 aromatic carbocycles. The molecule has 1 rings (SSSR count). The third-order valence-electron chi connectivity index (χ3n) is 5.36. The maximum atomic E-state index is 13.1. The van der Waals surface area contributed by atoms with Gasteiger partial charge in [-0.15, -0.1) is 0 Å². The zero-order valence-electron chi connectivity index (χ0n) is 19.6. The van der Waals surface area contributed by atoms with Crippen molar-refractivity contribution in [2.24, 2.45) is 22.2 Å². The van der Waals surface area contributed by atoms with E-state index >= 15 is 0 Å². The number of guanidine groups is 1. The van der Waals surface area contributed by atoms with E-state index in [2.05, 4.69) is 15.6 Å². The number of likely N-dealkylation sites (tertiary alicyclic amines) is 1. The summed E-state index contributed by atoms with van der Waals surface area (Å²) in [5.74, 6) is -4.27. The van der Waals surface area contributed by atoms with Crippen molar-refractivity contribution < 1.29 is 34.2 Å². The van der Waals surface area contributed by atoms with Crippen LogP contribution in [0.15, 0.2) is 4.99 Å². The Morgan fingerprint density at radius 1 is 1.09 bits per heavy atom. The number of carbonyl (C=O) groups excluding carboxylic acids is 3. The van der Waals surface area contributed by atoms with Crippen molar-refractivity contribution in [3.05, 3.63) is 0 Å². The van der Waals surface area contributed by atoms with Crippen molar-refractivity contribution in [3.8, 4) is 0 Å². The Labute approximate surface area is 207 Å². The highest BCUT2D eigenvalue weighted by molar-refractivity contribution is 7.98. The van der Waals surface area contributed by atoms with E-state index in [9.17, 15) is 34.2 Å². The minimum absolute atomic E-state index is 0.101. The summed E-state index contributed by atoms with van der Waals surface area (Å²) in [6.07, 6.45) is 2.67. The van der Waals surface area contributed by atoms with E-state index in [0.717, 1.165) is 0 Å². The Bertz CT molecular complexity index is 807. The number of hydrogen-bond donors (Lipinski definition) is 7. The topological polar surface area (TPSA) is 244 Å². The minimum Gasteiger partial charge on any atom is -0.481 e. The average molecular weight is 518 g/mol. The van der Waals surface area contributed by atoms with Gasteiger partial charge in [0.1, 0.15) is 18.1 Å². The van der Waals surface area contributed by atoms with Crippen LogP contribution in [0.25, 0.3) is 0 Å². The van der Waals surface area contributed by atoms with Gasteiger partial charge in [-0.1, -0.05) is 0 Å². The van der Waals surface area contributed by atoms with Gasteiger partial charge in [0, 0.05) is 13.1 Å². The number of carboxylic acid groups (broad SMARTS) is 2. The molecule has 15 heteroatoms. The van der Waals surface area contributed by atoms with Crippen LogP contribution in [0.1, 0.15) is 38.5 Å². The molecule has 0 aromatic rings. The lowest BCUT2D eigenvalue weighted by molar-refractivity contribution is -0.149. The Balaban J connectivity index is 2.89. The van der Waals surface area contributed by atoms with Gasteiger partial charge in [0.05, 0.1) is 12.5 Å². The predicted octanol–water partition coefficient (Wildman–Crippen LogP) is -2.36. The highest BCUT2D eigenvalue weighted by Gasteiger charge is 2.38. The second kappa shape index (κ2) is 15.0. The Morgan fingerprint density at radius 2 is 1.74 bits per heavy atom. The van der Waals surface area contributed by atoms with Crippen molar-refractivity contribution in [2.75, 3.05) is 25.1 Å². The molecule has 3 amide bonds. The lowest BCUT2D eigenvalue weighted by Crippen LogP contribution is -2.57. The van der Waals surface area contributed by atoms with Gasteiger partial charge in [0.25, 0.3) is 0 Å². The molecule has 0 bridgehead atoms. The van der Waals surface area contributed by atoms with E-state index in [1.807, 2.05) is 0 Å². The highest BCUT2D eigenvalue weighted by atomic mass is 32.2. The van der Waals surface area contributed by atoms with E-state index in [0.29, 0.717) is 25.0 Å². The summed E-state index contributed by atoms with van der Waals surface area (Å²) < 4.78 is 0. The van der Waals surface area contributed by atoms with Gasteiger partial charge in [-0.05, 0) is 44.1 Å². The van der Waals surface area contributed by atoms with Crippen LogP contribution >= 0.6 is 11.8 Å². The quantitative estimate of drug-likeness (QED) is 0.0688. The maximum absolute atomic E-state index is 13.1. The molecule has 0 spiro atoms. The second-order valence-electron chi connectivity index (χ2n) is 8.08. The Morgan fingerprint density at radius 3 is 2.31 bits per heavy atom. The summed E-state index contributed by atoms with van der Waals surface area (Å²) in [5, 5.41) is 23.4. The van der Waals surface area contributed by atoms with Gasteiger partial charge >= 0.3 is 11.9 Å². The standard InChI is InChI=1S/C20H35N7O7S/c1-35-9-6-12(18(32)27-8-3-5-14(27)19(33)34)25-17(31)13(10-15(28)29)26-16(30)11(21)4-2-7-24-20(22)23/h11-14H,2-10,21H2,1H3,(H,25,31)(H,26,30)(H,28,29)(H,33,34)(H4,22,23,24). The number of nitrogens with one attached hydrogen (secondary N) is 2. The van der Waals surface area contributed by atoms with Crippen LogP contribution < -0.4 is 27.8 Å². The molecular formula is C20H35N7O7S. The fourth-order valence-corrected chi connectivity index (χ4v) is 4.04. The number of nitrogens with two attached hydrogens (primary N) is 3. The molecular weight excluding hydrogens is 482 g/mol. The molecule has 198 valence electrons. The Hall–Kier alpha value is -3.07. The van der Waals surface area contributed by atoms with Crippen LogP contribution in [0, 0.1) is 0 Å². The number of carbonyl (C=O) groups is 5. The molecule has 14 nitrogen and oxygen atoms in total. The van der Waals surface area contributed by atoms with Crippen LogP contribution in [-0.2, 0) is 24.0 Å². The monoisotopic (exact) mass is 517 g/mol. The molecule has 0 aliphatic carbocycles. The van der Waals surface area contributed by atoms with E-state index < -0.39 is 60.2 Å². The molecule has 1 saturated heterocycles. The summed E-state index contributed by atoms with van der Waals surface area (Å²) >= 11 is 1.43. The van der Waals surface area contributed by atoms with Gasteiger partial charge in [0.2, 0.25) is 17.7 Å². The molecule has 0 radical (unpaired) electrons. The summed E-state index contributed by atoms with van der Waals surface area (Å²) in [6.45, 7) is 0.487. The molecule has 0 aromatic heterocycles. The first-order valence-electron chi connectivity index (χ1n) is 11.1. The zero-order chi connectivity index (χ0) is 26.5. The van der Waals surface area contributed by atoms with Crippen molar-refractivity contribution in [1.82, 2.24) is 15.5 Å². The van der Waals surface area contributed by atoms with Crippen molar-refractivity contribution >= 4 is 47.4 Å². The third-order valence-corrected chi connectivity index (χ3v) is 6.01. The van der Waals surface area contributed by atoms with E-state index in [4.69, 9.17) is 17.2 Å². The van der Waals surface area contributed by atoms with Crippen molar-refractivity contribution in [3.63, 3.8) is 0 Å². The van der Waals surface area contributed by atoms with Gasteiger partial charge in [-0.25, -0.2) is 4.79 Å². The first-order valence-corrected chi connectivity index (χ1v) is 12.5. The SMILES string of the molecule is CSCCC(NC(=O)C(CC(=O)O)NC(=O)C(N)CCCN=C(N)N)C(=O)N1CCCC1C(=O)O. The van der Waals surface area contributed by atoms with Gasteiger partial charge in [0.15, 0.2) is 5.96 Å². The van der Waals surface area contributed by atoms with Gasteiger partial charge < -0.3 is 42.9 Å². The molecule has 35 heavy (non-hydrogen) atoms. The van der Waals surface area contributed by atoms with Gasteiger partial charge in [-0.3, -0.25) is 24.2 Å². The molecule has 4 unspecified atom stereocenters. The van der Waals surface area contributed by atoms with Crippen molar-refractivity contribution in [2.45, 2.75) is 62.7 Å². The number of aliphatic carboxylic acids is 2. The van der Waals surface area contributed by atoms with Crippen LogP contribution in [0.4, 0.5) is 0 Å². The number of carboxylic acids is 2. The minimum atomic E-state index is -1.48. The van der Waals surface area contributed by atoms with Crippen LogP contribution in [-0.4, -0.2) is 100.0 Å². The molecule has 10 N–H and O–H groups in total. The number of thioether (sulfide) groups is 1. The number of amides is 3. The number of aliphatic imine (C=N–C) groups is 1. The van der Waals surface area contributed by atoms with Crippen LogP contribution in [0.2, 0.25) is 0 Å². The number of nitrogens with zero attached hydrogens (tertiary/aromatic N) is 2. The number of rotatable bonds is 15. The molecule has 1 aliphatic heterocycles. The average Bonchev–Trinajstić information content (AvgIpc) is 3.28. The van der Waals surface area contributed by atoms with Crippen LogP contribution in [0.3, 0.4) is 0 Å². The molecule has 1 fully saturated rings. The van der Waals surface area contributed by atoms with E-state index in [1.165, 1.54) is 16.7 Å². The normalized spacial score (nSPS) is 17.7. The Kier molecular flexibility index (Phi) is 12.9. The summed E-state index contributed by atoms with van der Waals surface area (Å²) in [6, 6.07) is -4.58. The molecule has 1 aliphatic rings. The highest BCUT2D eigenvalue weighted by Crippen LogP contribution is 2.20. The predicted molar refractivity (Wildman–Crippen MR) is 129 cm³/mol. The van der Waals surface area contributed by atoms with E-state index in [1.54, 1.807) is 6.26 Å². The van der Waals surface area contributed by atoms with Crippen LogP contribution in [0.5, 0.6) is 0 Å². The van der Waals surface area contributed by atoms with E-state index in [-0.39, 0.29) is 31.9 Å². The summed E-state index contributed by atoms with van der Waals surface area (Å²) in [5.41, 5.74) is 16.3. The molecule has 1 heterocycles. The fraction of sp³-hybridized carbons (Fsp3) is 0.700. The largest absolute Gasteiger partial charge is 0.481 e. The van der Waals surface area contributed by atoms with Gasteiger partial charge in [-0.2, -0.15) is 11.8 Å². The summed E-state index contributed by atoms with van der Waals surface area (Å²) in [4.78, 5) is 66.2. The maximum Gasteiger partial charge on any atom is 0.326 e. The smallest absolute Gasteiger partial charge is 0.326 e. The van der Waals surface area contributed by atoms with Crippen molar-refractivity contribution in [1.29, 1.82) is 0 Å². The lowest BCUT2D eigenvalue weighted by Gasteiger charge is -2.28. The first-order chi connectivity index (χ1) is 16.5. The zero-order valence-corrected chi connectivity index (χ0v) is 20.5. The summed E-state index contributed by atoms with van der Waals surface area (Å²) in [7, 11) is 0. The number of hydrogen-bond acceptors (Lipinski definition) is 8. The molecule has 4 atom stereocenters. The third kappa shape index (κ3) is 10.4. The lowest BCUT2D eigenvalue weighted by atomic mass is 10.1.